The molecule has 1 aliphatic rings. The van der Waals surface area contributed by atoms with Crippen molar-refractivity contribution in [1.82, 2.24) is 14.9 Å². The second-order valence-corrected chi connectivity index (χ2v) is 4.29. The third-order valence-electron chi connectivity index (χ3n) is 3.06. The zero-order valence-electron chi connectivity index (χ0n) is 9.37. The highest BCUT2D eigenvalue weighted by molar-refractivity contribution is 5.24. The Hall–Kier alpha value is -1.03. The summed E-state index contributed by atoms with van der Waals surface area (Å²) in [6, 6.07) is 0. The number of anilines is 1. The average Bonchev–Trinajstić information content (AvgIpc) is 2.66. The number of rotatable bonds is 4. The van der Waals surface area contributed by atoms with Gasteiger partial charge in [0, 0.05) is 26.0 Å². The number of nitrogens with zero attached hydrogens (tertiary/aromatic N) is 2. The van der Waals surface area contributed by atoms with E-state index in [1.54, 1.807) is 0 Å². The van der Waals surface area contributed by atoms with Crippen LogP contribution in [0.5, 0.6) is 0 Å². The van der Waals surface area contributed by atoms with Crippen LogP contribution in [0, 0.1) is 5.92 Å². The Kier molecular flexibility index (Phi) is 3.61. The van der Waals surface area contributed by atoms with Gasteiger partial charge < -0.3 is 15.2 Å². The summed E-state index contributed by atoms with van der Waals surface area (Å²) < 4.78 is 2.01. The molecule has 0 spiro atoms. The molecule has 1 saturated heterocycles. The van der Waals surface area contributed by atoms with Crippen LogP contribution in [0.3, 0.4) is 0 Å². The van der Waals surface area contributed by atoms with Crippen molar-refractivity contribution < 1.29 is 0 Å². The Morgan fingerprint density at radius 3 is 3.27 bits per heavy atom. The molecule has 0 bridgehead atoms. The highest BCUT2D eigenvalue weighted by Crippen LogP contribution is 2.13. The van der Waals surface area contributed by atoms with Gasteiger partial charge >= 0.3 is 0 Å². The molecule has 0 radical (unpaired) electrons. The lowest BCUT2D eigenvalue weighted by Crippen LogP contribution is -2.30. The average molecular weight is 208 g/mol. The fourth-order valence-electron chi connectivity index (χ4n) is 2.09. The van der Waals surface area contributed by atoms with E-state index >= 15 is 0 Å². The van der Waals surface area contributed by atoms with Gasteiger partial charge in [-0.25, -0.2) is 4.98 Å². The lowest BCUT2D eigenvalue weighted by atomic mass is 9.96. The van der Waals surface area contributed by atoms with E-state index in [9.17, 15) is 0 Å². The lowest BCUT2D eigenvalue weighted by molar-refractivity contribution is 0.364. The summed E-state index contributed by atoms with van der Waals surface area (Å²) in [5, 5.41) is 6.81. The first-order valence-electron chi connectivity index (χ1n) is 5.78. The van der Waals surface area contributed by atoms with Gasteiger partial charge in [0.05, 0.1) is 0 Å². The summed E-state index contributed by atoms with van der Waals surface area (Å²) in [5.74, 6) is 1.81. The minimum absolute atomic E-state index is 0.839. The van der Waals surface area contributed by atoms with Crippen LogP contribution in [0.15, 0.2) is 12.4 Å². The summed E-state index contributed by atoms with van der Waals surface area (Å²) in [6.07, 6.45) is 7.72. The first-order valence-corrected chi connectivity index (χ1v) is 5.78. The summed E-state index contributed by atoms with van der Waals surface area (Å²) in [6.45, 7) is 3.41. The fourth-order valence-corrected chi connectivity index (χ4v) is 2.09. The number of hydrogen-bond donors (Lipinski definition) is 2. The molecule has 1 fully saturated rings. The second-order valence-electron chi connectivity index (χ2n) is 4.29. The van der Waals surface area contributed by atoms with Crippen molar-refractivity contribution in [3.05, 3.63) is 12.4 Å². The van der Waals surface area contributed by atoms with Crippen molar-refractivity contribution in [3.8, 4) is 0 Å². The van der Waals surface area contributed by atoms with Crippen LogP contribution >= 0.6 is 0 Å². The summed E-state index contributed by atoms with van der Waals surface area (Å²) in [4.78, 5) is 4.23. The zero-order chi connectivity index (χ0) is 10.5. The molecule has 0 saturated carbocycles. The molecule has 1 unspecified atom stereocenters. The number of imidazole rings is 1. The van der Waals surface area contributed by atoms with Crippen LogP contribution in [-0.2, 0) is 7.05 Å². The Bertz CT molecular complexity index is 289. The maximum Gasteiger partial charge on any atom is 0.202 e. The highest BCUT2D eigenvalue weighted by Gasteiger charge is 2.12. The monoisotopic (exact) mass is 208 g/mol. The van der Waals surface area contributed by atoms with Crippen LogP contribution in [0.2, 0.25) is 0 Å². The van der Waals surface area contributed by atoms with E-state index in [0.717, 1.165) is 18.4 Å². The smallest absolute Gasteiger partial charge is 0.202 e. The fraction of sp³-hybridized carbons (Fsp3) is 0.727. The Labute approximate surface area is 91.1 Å². The van der Waals surface area contributed by atoms with Gasteiger partial charge in [-0.1, -0.05) is 0 Å². The molecule has 4 nitrogen and oxygen atoms in total. The van der Waals surface area contributed by atoms with Crippen molar-refractivity contribution in [3.63, 3.8) is 0 Å². The Balaban J connectivity index is 1.68. The van der Waals surface area contributed by atoms with Crippen molar-refractivity contribution in [2.24, 2.45) is 13.0 Å². The van der Waals surface area contributed by atoms with Gasteiger partial charge in [0.25, 0.3) is 0 Å². The number of nitrogens with one attached hydrogen (secondary N) is 2. The third kappa shape index (κ3) is 2.96. The molecule has 2 rings (SSSR count). The van der Waals surface area contributed by atoms with Crippen LogP contribution in [-0.4, -0.2) is 29.2 Å². The van der Waals surface area contributed by atoms with Gasteiger partial charge in [0.2, 0.25) is 5.95 Å². The maximum absolute atomic E-state index is 4.23. The number of hydrogen-bond acceptors (Lipinski definition) is 3. The third-order valence-corrected chi connectivity index (χ3v) is 3.06. The van der Waals surface area contributed by atoms with Gasteiger partial charge in [0.1, 0.15) is 0 Å². The van der Waals surface area contributed by atoms with E-state index in [0.29, 0.717) is 0 Å². The van der Waals surface area contributed by atoms with Crippen LogP contribution in [0.1, 0.15) is 19.3 Å². The highest BCUT2D eigenvalue weighted by atomic mass is 15.2. The van der Waals surface area contributed by atoms with Crippen molar-refractivity contribution >= 4 is 5.95 Å². The molecule has 2 N–H and O–H groups in total. The predicted octanol–water partition coefficient (Wildman–Crippen LogP) is 1.22. The van der Waals surface area contributed by atoms with E-state index in [-0.39, 0.29) is 0 Å². The van der Waals surface area contributed by atoms with E-state index < -0.39 is 0 Å². The Morgan fingerprint density at radius 2 is 2.60 bits per heavy atom. The van der Waals surface area contributed by atoms with Gasteiger partial charge in [-0.3, -0.25) is 0 Å². The van der Waals surface area contributed by atoms with Gasteiger partial charge in [-0.05, 0) is 38.3 Å². The van der Waals surface area contributed by atoms with E-state index in [1.165, 1.54) is 32.4 Å². The first-order chi connectivity index (χ1) is 7.36. The molecular weight excluding hydrogens is 188 g/mol. The van der Waals surface area contributed by atoms with Crippen molar-refractivity contribution in [2.75, 3.05) is 25.0 Å². The SMILES string of the molecule is Cn1ccnc1NCCC1CCCNC1. The zero-order valence-corrected chi connectivity index (χ0v) is 9.37. The maximum atomic E-state index is 4.23. The number of aryl methyl sites for hydroxylation is 1. The standard InChI is InChI=1S/C11H20N4/c1-15-8-7-14-11(15)13-6-4-10-3-2-5-12-9-10/h7-8,10,12H,2-6,9H2,1H3,(H,13,14). The van der Waals surface area contributed by atoms with Crippen molar-refractivity contribution in [1.29, 1.82) is 0 Å². The molecule has 84 valence electrons. The van der Waals surface area contributed by atoms with Gasteiger partial charge in [-0.2, -0.15) is 0 Å². The molecule has 0 aliphatic carbocycles. The van der Waals surface area contributed by atoms with Gasteiger partial charge in [-0.15, -0.1) is 0 Å². The summed E-state index contributed by atoms with van der Waals surface area (Å²) in [7, 11) is 2.01. The number of piperidine rings is 1. The molecule has 15 heavy (non-hydrogen) atoms. The molecular formula is C11H20N4. The van der Waals surface area contributed by atoms with E-state index in [1.807, 2.05) is 24.0 Å². The van der Waals surface area contributed by atoms with E-state index in [4.69, 9.17) is 0 Å². The molecule has 1 atom stereocenters. The van der Waals surface area contributed by atoms with Crippen LogP contribution in [0.4, 0.5) is 5.95 Å². The molecule has 0 amide bonds. The number of aromatic nitrogens is 2. The predicted molar refractivity (Wildman–Crippen MR) is 61.9 cm³/mol. The topological polar surface area (TPSA) is 41.9 Å². The molecule has 0 aromatic carbocycles. The minimum atomic E-state index is 0.839. The minimum Gasteiger partial charge on any atom is -0.356 e. The summed E-state index contributed by atoms with van der Waals surface area (Å²) in [5.41, 5.74) is 0. The quantitative estimate of drug-likeness (QED) is 0.782. The first kappa shape index (κ1) is 10.5. The largest absolute Gasteiger partial charge is 0.356 e. The molecule has 2 heterocycles. The molecule has 1 aliphatic heterocycles. The van der Waals surface area contributed by atoms with Gasteiger partial charge in [0.15, 0.2) is 0 Å². The molecule has 1 aromatic heterocycles. The molecule has 1 aromatic rings. The lowest BCUT2D eigenvalue weighted by Gasteiger charge is -2.22. The van der Waals surface area contributed by atoms with Crippen molar-refractivity contribution in [2.45, 2.75) is 19.3 Å². The molecule has 4 heteroatoms. The second kappa shape index (κ2) is 5.16. The Morgan fingerprint density at radius 1 is 1.67 bits per heavy atom. The normalized spacial score (nSPS) is 21.5. The van der Waals surface area contributed by atoms with E-state index in [2.05, 4.69) is 15.6 Å². The summed E-state index contributed by atoms with van der Waals surface area (Å²) >= 11 is 0. The van der Waals surface area contributed by atoms with Crippen LogP contribution in [0.25, 0.3) is 0 Å². The van der Waals surface area contributed by atoms with Crippen LogP contribution < -0.4 is 10.6 Å².